The predicted molar refractivity (Wildman–Crippen MR) is 79.9 cm³/mol. The van der Waals surface area contributed by atoms with E-state index in [0.717, 1.165) is 37.3 Å². The van der Waals surface area contributed by atoms with Gasteiger partial charge in [-0.05, 0) is 30.2 Å². The van der Waals surface area contributed by atoms with Crippen LogP contribution in [0.1, 0.15) is 21.6 Å². The normalized spacial score (nSPS) is 19.7. The Labute approximate surface area is 123 Å². The molecule has 1 fully saturated rings. The first-order valence-electron chi connectivity index (χ1n) is 7.27. The van der Waals surface area contributed by atoms with E-state index in [4.69, 9.17) is 0 Å². The van der Waals surface area contributed by atoms with Gasteiger partial charge in [0, 0.05) is 31.4 Å². The number of carbonyl (C=O) groups excluding carboxylic acids is 1. The second kappa shape index (κ2) is 4.67. The molecule has 4 heteroatoms. The van der Waals surface area contributed by atoms with Crippen LogP contribution in [-0.2, 0) is 13.0 Å². The highest BCUT2D eigenvalue weighted by atomic mass is 16.2. The largest absolute Gasteiger partial charge is 0.344 e. The molecule has 3 heterocycles. The summed E-state index contributed by atoms with van der Waals surface area (Å²) in [6.45, 7) is 2.63. The van der Waals surface area contributed by atoms with Crippen molar-refractivity contribution in [3.05, 3.63) is 65.5 Å². The van der Waals surface area contributed by atoms with Crippen molar-refractivity contribution in [3.8, 4) is 0 Å². The van der Waals surface area contributed by atoms with Crippen molar-refractivity contribution < 1.29 is 4.79 Å². The summed E-state index contributed by atoms with van der Waals surface area (Å²) >= 11 is 0. The van der Waals surface area contributed by atoms with Crippen LogP contribution in [0.2, 0.25) is 0 Å². The van der Waals surface area contributed by atoms with Gasteiger partial charge in [0.2, 0.25) is 0 Å². The van der Waals surface area contributed by atoms with Gasteiger partial charge in [0.25, 0.3) is 5.91 Å². The summed E-state index contributed by atoms with van der Waals surface area (Å²) in [7, 11) is 0. The third-order valence-corrected chi connectivity index (χ3v) is 4.33. The van der Waals surface area contributed by atoms with Crippen molar-refractivity contribution in [2.45, 2.75) is 18.5 Å². The van der Waals surface area contributed by atoms with Crippen LogP contribution in [0.5, 0.6) is 0 Å². The maximum atomic E-state index is 12.2. The van der Waals surface area contributed by atoms with Crippen molar-refractivity contribution in [1.82, 2.24) is 15.2 Å². The second-order valence-corrected chi connectivity index (χ2v) is 6.03. The summed E-state index contributed by atoms with van der Waals surface area (Å²) in [5, 5.41) is 3.20. The minimum atomic E-state index is -0.0831. The minimum Gasteiger partial charge on any atom is -0.344 e. The molecule has 0 atom stereocenters. The van der Waals surface area contributed by atoms with Crippen LogP contribution in [0.3, 0.4) is 0 Å². The summed E-state index contributed by atoms with van der Waals surface area (Å²) in [4.78, 5) is 18.9. The van der Waals surface area contributed by atoms with E-state index in [9.17, 15) is 4.79 Å². The quantitative estimate of drug-likeness (QED) is 0.908. The molecule has 2 aromatic rings. The zero-order valence-corrected chi connectivity index (χ0v) is 11.7. The highest BCUT2D eigenvalue weighted by molar-refractivity contribution is 5.97. The first kappa shape index (κ1) is 12.5. The van der Waals surface area contributed by atoms with E-state index in [1.54, 1.807) is 0 Å². The number of amides is 1. The lowest BCUT2D eigenvalue weighted by Gasteiger charge is -2.52. The number of fused-ring (bicyclic) bond motifs is 1. The average molecular weight is 279 g/mol. The van der Waals surface area contributed by atoms with E-state index in [-0.39, 0.29) is 11.4 Å². The van der Waals surface area contributed by atoms with Gasteiger partial charge in [0.15, 0.2) is 0 Å². The molecule has 0 saturated carbocycles. The zero-order chi connectivity index (χ0) is 14.3. The Morgan fingerprint density at radius 2 is 1.95 bits per heavy atom. The maximum absolute atomic E-state index is 12.2. The summed E-state index contributed by atoms with van der Waals surface area (Å²) < 4.78 is 0. The molecular formula is C17H17N3O. The third kappa shape index (κ3) is 2.21. The van der Waals surface area contributed by atoms with Gasteiger partial charge >= 0.3 is 0 Å². The van der Waals surface area contributed by atoms with Gasteiger partial charge in [0.1, 0.15) is 0 Å². The van der Waals surface area contributed by atoms with E-state index in [2.05, 4.69) is 21.3 Å². The lowest BCUT2D eigenvalue weighted by atomic mass is 9.78. The van der Waals surface area contributed by atoms with E-state index in [1.165, 1.54) is 5.56 Å². The van der Waals surface area contributed by atoms with Crippen LogP contribution in [0.4, 0.5) is 0 Å². The van der Waals surface area contributed by atoms with Crippen LogP contribution in [0.15, 0.2) is 48.7 Å². The number of nitrogens with one attached hydrogen (secondary N) is 1. The standard InChI is InChI=1S/C17H17N3O/c21-16-15-7-2-1-5-13(15)9-17(19-16)11-20(12-17)10-14-6-3-4-8-18-14/h1-8H,9-12H2,(H,19,21). The monoisotopic (exact) mass is 279 g/mol. The first-order valence-corrected chi connectivity index (χ1v) is 7.27. The number of likely N-dealkylation sites (tertiary alicyclic amines) is 1. The Balaban J connectivity index is 1.47. The summed E-state index contributed by atoms with van der Waals surface area (Å²) in [6.07, 6.45) is 2.75. The van der Waals surface area contributed by atoms with E-state index < -0.39 is 0 Å². The fourth-order valence-corrected chi connectivity index (χ4v) is 3.45. The molecule has 2 aliphatic rings. The highest BCUT2D eigenvalue weighted by Crippen LogP contribution is 2.31. The molecule has 1 saturated heterocycles. The summed E-state index contributed by atoms with van der Waals surface area (Å²) in [6, 6.07) is 13.9. The molecule has 1 aromatic heterocycles. The number of rotatable bonds is 2. The summed E-state index contributed by atoms with van der Waals surface area (Å²) in [5.41, 5.74) is 2.99. The van der Waals surface area contributed by atoms with Gasteiger partial charge in [-0.25, -0.2) is 0 Å². The molecule has 0 aliphatic carbocycles. The van der Waals surface area contributed by atoms with Gasteiger partial charge in [0.05, 0.1) is 11.2 Å². The zero-order valence-electron chi connectivity index (χ0n) is 11.7. The van der Waals surface area contributed by atoms with Crippen molar-refractivity contribution in [3.63, 3.8) is 0 Å². The number of pyridine rings is 1. The lowest BCUT2D eigenvalue weighted by molar-refractivity contribution is 0.0270. The molecule has 0 bridgehead atoms. The smallest absolute Gasteiger partial charge is 0.252 e. The number of benzene rings is 1. The molecule has 1 aromatic carbocycles. The molecule has 1 N–H and O–H groups in total. The van der Waals surface area contributed by atoms with Gasteiger partial charge in [-0.15, -0.1) is 0 Å². The SMILES string of the molecule is O=C1NC2(Cc3ccccc31)CN(Cc1ccccn1)C2. The molecule has 2 aliphatic heterocycles. The Hall–Kier alpha value is -2.20. The molecule has 4 rings (SSSR count). The molecule has 106 valence electrons. The maximum Gasteiger partial charge on any atom is 0.252 e. The topological polar surface area (TPSA) is 45.2 Å². The first-order chi connectivity index (χ1) is 10.2. The molecule has 1 amide bonds. The Bertz CT molecular complexity index is 677. The van der Waals surface area contributed by atoms with Gasteiger partial charge in [-0.3, -0.25) is 14.7 Å². The molecular weight excluding hydrogens is 262 g/mol. The van der Waals surface area contributed by atoms with Gasteiger partial charge < -0.3 is 5.32 Å². The third-order valence-electron chi connectivity index (χ3n) is 4.33. The van der Waals surface area contributed by atoms with Crippen molar-refractivity contribution in [2.75, 3.05) is 13.1 Å². The van der Waals surface area contributed by atoms with E-state index in [0.29, 0.717) is 0 Å². The van der Waals surface area contributed by atoms with Crippen LogP contribution >= 0.6 is 0 Å². The van der Waals surface area contributed by atoms with Crippen LogP contribution < -0.4 is 5.32 Å². The van der Waals surface area contributed by atoms with Gasteiger partial charge in [-0.1, -0.05) is 24.3 Å². The van der Waals surface area contributed by atoms with E-state index in [1.807, 2.05) is 42.6 Å². The fraction of sp³-hybridized carbons (Fsp3) is 0.294. The van der Waals surface area contributed by atoms with Crippen molar-refractivity contribution in [2.24, 2.45) is 0 Å². The van der Waals surface area contributed by atoms with Crippen LogP contribution in [0.25, 0.3) is 0 Å². The molecule has 21 heavy (non-hydrogen) atoms. The summed E-state index contributed by atoms with van der Waals surface area (Å²) in [5.74, 6) is 0.0642. The average Bonchev–Trinajstić information content (AvgIpc) is 2.47. The number of aromatic nitrogens is 1. The van der Waals surface area contributed by atoms with Crippen molar-refractivity contribution >= 4 is 5.91 Å². The van der Waals surface area contributed by atoms with Crippen LogP contribution in [-0.4, -0.2) is 34.4 Å². The predicted octanol–water partition coefficient (Wildman–Crippen LogP) is 1.62. The lowest BCUT2D eigenvalue weighted by Crippen LogP contribution is -2.72. The Kier molecular flexibility index (Phi) is 2.79. The second-order valence-electron chi connectivity index (χ2n) is 6.03. The Morgan fingerprint density at radius 3 is 2.76 bits per heavy atom. The molecule has 0 radical (unpaired) electrons. The van der Waals surface area contributed by atoms with Crippen LogP contribution in [0, 0.1) is 0 Å². The minimum absolute atomic E-state index is 0.0642. The number of hydrogen-bond acceptors (Lipinski definition) is 3. The van der Waals surface area contributed by atoms with Crippen molar-refractivity contribution in [1.29, 1.82) is 0 Å². The Morgan fingerprint density at radius 1 is 1.14 bits per heavy atom. The molecule has 1 spiro atoms. The van der Waals surface area contributed by atoms with Gasteiger partial charge in [-0.2, -0.15) is 0 Å². The molecule has 0 unspecified atom stereocenters. The molecule has 4 nitrogen and oxygen atoms in total. The number of carbonyl (C=O) groups is 1. The van der Waals surface area contributed by atoms with E-state index >= 15 is 0 Å². The number of hydrogen-bond donors (Lipinski definition) is 1. The highest BCUT2D eigenvalue weighted by Gasteiger charge is 2.46. The fourth-order valence-electron chi connectivity index (χ4n) is 3.45. The number of nitrogens with zero attached hydrogens (tertiary/aromatic N) is 2.